The molecule has 0 spiro atoms. The lowest BCUT2D eigenvalue weighted by Crippen LogP contribution is -2.21. The number of carbonyl (C=O) groups excluding carboxylic acids is 4. The summed E-state index contributed by atoms with van der Waals surface area (Å²) in [5.74, 6) is 1.08. The number of ether oxygens (including phenoxy) is 5. The highest BCUT2D eigenvalue weighted by atomic mass is 16.5. The van der Waals surface area contributed by atoms with Crippen LogP contribution in [0.3, 0.4) is 0 Å². The molecule has 0 N–H and O–H groups in total. The molecule has 0 radical (unpaired) electrons. The molecule has 0 saturated heterocycles. The van der Waals surface area contributed by atoms with Crippen LogP contribution in [0.5, 0.6) is 0 Å². The van der Waals surface area contributed by atoms with Crippen molar-refractivity contribution in [2.45, 2.75) is 280 Å². The number of rotatable bonds is 53. The summed E-state index contributed by atoms with van der Waals surface area (Å²) in [6.45, 7) is 26.3. The molecule has 0 bridgehead atoms. The maximum absolute atomic E-state index is 13.2. The Labute approximate surface area is 431 Å². The predicted molar refractivity (Wildman–Crippen MR) is 291 cm³/mol. The highest BCUT2D eigenvalue weighted by Gasteiger charge is 2.24. The number of hydrogen-bond donors (Lipinski definition) is 0. The highest BCUT2D eigenvalue weighted by molar-refractivity contribution is 5.81. The van der Waals surface area contributed by atoms with Crippen LogP contribution in [0.15, 0.2) is 24.7 Å². The van der Waals surface area contributed by atoms with Crippen LogP contribution < -0.4 is 0 Å². The van der Waals surface area contributed by atoms with Gasteiger partial charge in [0, 0.05) is 44.9 Å². The topological polar surface area (TPSA) is 114 Å². The Balaban J connectivity index is 5.20. The van der Waals surface area contributed by atoms with Gasteiger partial charge in [0.1, 0.15) is 5.78 Å². The zero-order chi connectivity index (χ0) is 51.9. The molecule has 5 unspecified atom stereocenters. The van der Waals surface area contributed by atoms with Crippen LogP contribution in [0, 0.1) is 29.6 Å². The molecular formula is C61H112O9. The number of hydrogen-bond acceptors (Lipinski definition) is 9. The summed E-state index contributed by atoms with van der Waals surface area (Å²) in [5.41, 5.74) is 0. The fourth-order valence-corrected chi connectivity index (χ4v) is 9.16. The number of ketones is 1. The molecule has 410 valence electrons. The van der Waals surface area contributed by atoms with Gasteiger partial charge in [0.25, 0.3) is 0 Å². The third-order valence-electron chi connectivity index (χ3n) is 14.1. The van der Waals surface area contributed by atoms with Crippen molar-refractivity contribution in [3.63, 3.8) is 0 Å². The van der Waals surface area contributed by atoms with E-state index in [1.807, 2.05) is 0 Å². The van der Waals surface area contributed by atoms with E-state index in [1.54, 1.807) is 0 Å². The van der Waals surface area contributed by atoms with Gasteiger partial charge in [0.15, 0.2) is 0 Å². The van der Waals surface area contributed by atoms with Crippen molar-refractivity contribution in [3.05, 3.63) is 24.7 Å². The van der Waals surface area contributed by atoms with E-state index in [4.69, 9.17) is 23.7 Å². The summed E-state index contributed by atoms with van der Waals surface area (Å²) < 4.78 is 29.5. The second kappa shape index (κ2) is 48.4. The minimum Gasteiger partial charge on any atom is -0.499 e. The second-order valence-corrected chi connectivity index (χ2v) is 21.2. The third-order valence-corrected chi connectivity index (χ3v) is 14.1. The van der Waals surface area contributed by atoms with Gasteiger partial charge in [-0.15, -0.1) is 0 Å². The Morgan fingerprint density at radius 3 is 1.23 bits per heavy atom. The van der Waals surface area contributed by atoms with Gasteiger partial charge < -0.3 is 23.7 Å². The normalized spacial score (nSPS) is 13.5. The van der Waals surface area contributed by atoms with Gasteiger partial charge in [0.2, 0.25) is 0 Å². The molecule has 0 aromatic heterocycles. The zero-order valence-corrected chi connectivity index (χ0v) is 47.0. The molecule has 9 heteroatoms. The van der Waals surface area contributed by atoms with Crippen LogP contribution in [0.1, 0.15) is 280 Å². The lowest BCUT2D eigenvalue weighted by molar-refractivity contribution is -0.149. The number of unbranched alkanes of at least 4 members (excludes halogenated alkanes) is 21. The maximum atomic E-state index is 13.2. The van der Waals surface area contributed by atoms with Crippen molar-refractivity contribution in [3.8, 4) is 0 Å². The van der Waals surface area contributed by atoms with Gasteiger partial charge in [-0.25, -0.2) is 0 Å². The van der Waals surface area contributed by atoms with E-state index in [-0.39, 0.29) is 61.2 Å². The maximum Gasteiger partial charge on any atom is 0.306 e. The molecule has 0 aliphatic heterocycles. The average Bonchev–Trinajstić information content (AvgIpc) is 3.32. The van der Waals surface area contributed by atoms with Gasteiger partial charge in [-0.3, -0.25) is 19.2 Å². The predicted octanol–water partition coefficient (Wildman–Crippen LogP) is 17.5. The second-order valence-electron chi connectivity index (χ2n) is 21.2. The van der Waals surface area contributed by atoms with E-state index in [2.05, 4.69) is 61.6 Å². The number of allylic oxidation sites excluding steroid dienone is 2. The van der Waals surface area contributed by atoms with Crippen molar-refractivity contribution in [2.75, 3.05) is 33.0 Å². The van der Waals surface area contributed by atoms with Crippen LogP contribution in [-0.2, 0) is 42.9 Å². The SMILES string of the molecule is C=C(CC(CC(=C)OCC(CCCC(C)COC(=O)CC(CC(=O)CCCCCCCCC)CC(=O)OCCCCCCCC)C(C)CC)CC(=O)OCCCCCCCC)OCCCCCCCC. The molecule has 0 amide bonds. The van der Waals surface area contributed by atoms with Crippen molar-refractivity contribution >= 4 is 23.7 Å². The van der Waals surface area contributed by atoms with E-state index >= 15 is 0 Å². The van der Waals surface area contributed by atoms with Crippen molar-refractivity contribution in [1.82, 2.24) is 0 Å². The summed E-state index contributed by atoms with van der Waals surface area (Å²) in [6, 6.07) is 0. The molecule has 0 aliphatic carbocycles. The lowest BCUT2D eigenvalue weighted by Gasteiger charge is -2.26. The Morgan fingerprint density at radius 2 is 0.771 bits per heavy atom. The summed E-state index contributed by atoms with van der Waals surface area (Å²) in [7, 11) is 0. The first-order valence-electron chi connectivity index (χ1n) is 29.5. The monoisotopic (exact) mass is 989 g/mol. The molecule has 0 saturated carbocycles. The molecule has 0 aromatic carbocycles. The molecule has 0 fully saturated rings. The Kier molecular flexibility index (Phi) is 46.5. The van der Waals surface area contributed by atoms with E-state index in [0.29, 0.717) is 75.7 Å². The molecule has 0 aromatic rings. The smallest absolute Gasteiger partial charge is 0.306 e. The third kappa shape index (κ3) is 42.8. The quantitative estimate of drug-likeness (QED) is 0.0254. The minimum atomic E-state index is -0.413. The van der Waals surface area contributed by atoms with E-state index < -0.39 is 5.92 Å². The van der Waals surface area contributed by atoms with Gasteiger partial charge in [0.05, 0.1) is 44.6 Å². The Hall–Kier alpha value is -2.84. The largest absolute Gasteiger partial charge is 0.499 e. The number of carbonyl (C=O) groups is 4. The fourth-order valence-electron chi connectivity index (χ4n) is 9.16. The van der Waals surface area contributed by atoms with E-state index in [9.17, 15) is 19.2 Å². The number of Topliss-reactive ketones (excluding diaryl/α,β-unsaturated/α-hetero) is 1. The molecular weight excluding hydrogens is 877 g/mol. The summed E-state index contributed by atoms with van der Waals surface area (Å²) >= 11 is 0. The Morgan fingerprint density at radius 1 is 0.386 bits per heavy atom. The van der Waals surface area contributed by atoms with E-state index in [1.165, 1.54) is 96.3 Å². The lowest BCUT2D eigenvalue weighted by atomic mass is 9.87. The number of esters is 3. The highest BCUT2D eigenvalue weighted by Crippen LogP contribution is 2.28. The molecule has 0 heterocycles. The first-order chi connectivity index (χ1) is 33.9. The first-order valence-corrected chi connectivity index (χ1v) is 29.5. The summed E-state index contributed by atoms with van der Waals surface area (Å²) in [6.07, 6.45) is 34.7. The Bertz CT molecular complexity index is 1230. The average molecular weight is 990 g/mol. The summed E-state index contributed by atoms with van der Waals surface area (Å²) in [4.78, 5) is 52.1. The van der Waals surface area contributed by atoms with Crippen molar-refractivity contribution in [1.29, 1.82) is 0 Å². The van der Waals surface area contributed by atoms with Crippen LogP contribution in [0.2, 0.25) is 0 Å². The van der Waals surface area contributed by atoms with Crippen LogP contribution in [0.4, 0.5) is 0 Å². The first kappa shape index (κ1) is 67.2. The van der Waals surface area contributed by atoms with Gasteiger partial charge >= 0.3 is 17.9 Å². The van der Waals surface area contributed by atoms with Crippen LogP contribution in [0.25, 0.3) is 0 Å². The fraction of sp³-hybridized carbons (Fsp3) is 0.869. The van der Waals surface area contributed by atoms with Crippen LogP contribution in [-0.4, -0.2) is 56.7 Å². The summed E-state index contributed by atoms with van der Waals surface area (Å²) in [5, 5.41) is 0. The minimum absolute atomic E-state index is 0.0421. The van der Waals surface area contributed by atoms with Gasteiger partial charge in [-0.2, -0.15) is 0 Å². The standard InChI is InChI=1S/C61H112O9/c1-10-15-19-23-27-28-32-39-58(62)45-56(47-60(64)68-42-35-31-26-22-18-13-4)48-61(65)70-49-51(6)37-36-38-57(52(7)14-5)50-69-54(9)44-55(43-53(8)66-40-33-29-24-20-16-11-2)46-59(63)67-41-34-30-25-21-17-12-3/h51-52,55-57H,8-50H2,1-7H3. The molecule has 0 rings (SSSR count). The van der Waals surface area contributed by atoms with Crippen molar-refractivity contribution < 1.29 is 42.9 Å². The molecule has 0 aliphatic rings. The van der Waals surface area contributed by atoms with Gasteiger partial charge in [-0.1, -0.05) is 209 Å². The van der Waals surface area contributed by atoms with Crippen LogP contribution >= 0.6 is 0 Å². The molecule has 5 atom stereocenters. The molecule has 70 heavy (non-hydrogen) atoms. The van der Waals surface area contributed by atoms with Crippen molar-refractivity contribution in [2.24, 2.45) is 29.6 Å². The molecule has 9 nitrogen and oxygen atoms in total. The zero-order valence-electron chi connectivity index (χ0n) is 47.0. The van der Waals surface area contributed by atoms with Gasteiger partial charge in [-0.05, 0) is 68.1 Å². The van der Waals surface area contributed by atoms with E-state index in [0.717, 1.165) is 89.9 Å².